The first-order chi connectivity index (χ1) is 13.9. The Bertz CT molecular complexity index is 900. The normalized spacial score (nSPS) is 10.5. The Morgan fingerprint density at radius 1 is 1.07 bits per heavy atom. The molecule has 0 unspecified atom stereocenters. The molecule has 0 saturated heterocycles. The van der Waals surface area contributed by atoms with Gasteiger partial charge in [0.15, 0.2) is 18.1 Å². The summed E-state index contributed by atoms with van der Waals surface area (Å²) in [6.07, 6.45) is 2.73. The average molecular weight is 420 g/mol. The van der Waals surface area contributed by atoms with Crippen LogP contribution < -0.4 is 19.5 Å². The predicted molar refractivity (Wildman–Crippen MR) is 111 cm³/mol. The highest BCUT2D eigenvalue weighted by Gasteiger charge is 2.13. The maximum absolute atomic E-state index is 12.0. The van der Waals surface area contributed by atoms with Gasteiger partial charge in [0.2, 0.25) is 5.75 Å². The first kappa shape index (κ1) is 22.1. The lowest BCUT2D eigenvalue weighted by molar-refractivity contribution is -0.142. The molecule has 8 heteroatoms. The van der Waals surface area contributed by atoms with Gasteiger partial charge in [0.25, 0.3) is 5.91 Å². The van der Waals surface area contributed by atoms with Crippen LogP contribution in [0.5, 0.6) is 17.2 Å². The smallest absolute Gasteiger partial charge is 0.331 e. The van der Waals surface area contributed by atoms with Crippen LogP contribution in [0.2, 0.25) is 5.02 Å². The SMILES string of the molecule is COc1cc(/C=C/C(=O)OCC(=O)Nc2cccc(Cl)c2C)cc(OC)c1OC. The molecule has 29 heavy (non-hydrogen) atoms. The minimum absolute atomic E-state index is 0.426. The molecule has 0 aliphatic heterocycles. The highest BCUT2D eigenvalue weighted by Crippen LogP contribution is 2.38. The summed E-state index contributed by atoms with van der Waals surface area (Å²) >= 11 is 6.01. The number of amides is 1. The van der Waals surface area contributed by atoms with Gasteiger partial charge in [-0.15, -0.1) is 0 Å². The van der Waals surface area contributed by atoms with E-state index in [4.69, 9.17) is 30.5 Å². The number of hydrogen-bond donors (Lipinski definition) is 1. The Balaban J connectivity index is 1.97. The second-order valence-electron chi connectivity index (χ2n) is 5.86. The maximum atomic E-state index is 12.0. The van der Waals surface area contributed by atoms with Crippen LogP contribution in [0.15, 0.2) is 36.4 Å². The van der Waals surface area contributed by atoms with Crippen molar-refractivity contribution in [2.45, 2.75) is 6.92 Å². The van der Waals surface area contributed by atoms with Gasteiger partial charge in [0, 0.05) is 16.8 Å². The number of rotatable bonds is 8. The average Bonchev–Trinajstić information content (AvgIpc) is 2.73. The highest BCUT2D eigenvalue weighted by atomic mass is 35.5. The quantitative estimate of drug-likeness (QED) is 0.516. The molecule has 7 nitrogen and oxygen atoms in total. The Morgan fingerprint density at radius 2 is 1.72 bits per heavy atom. The zero-order valence-electron chi connectivity index (χ0n) is 16.6. The fraction of sp³-hybridized carbons (Fsp3) is 0.238. The number of carbonyl (C=O) groups is 2. The molecular weight excluding hydrogens is 398 g/mol. The largest absolute Gasteiger partial charge is 0.493 e. The van der Waals surface area contributed by atoms with Crippen molar-refractivity contribution in [1.82, 2.24) is 0 Å². The van der Waals surface area contributed by atoms with Gasteiger partial charge in [-0.25, -0.2) is 4.79 Å². The number of hydrogen-bond acceptors (Lipinski definition) is 6. The van der Waals surface area contributed by atoms with Crippen molar-refractivity contribution in [3.63, 3.8) is 0 Å². The number of carbonyl (C=O) groups excluding carboxylic acids is 2. The molecule has 0 atom stereocenters. The molecule has 0 saturated carbocycles. The van der Waals surface area contributed by atoms with E-state index in [0.717, 1.165) is 5.56 Å². The third-order valence-corrected chi connectivity index (χ3v) is 4.40. The van der Waals surface area contributed by atoms with Crippen molar-refractivity contribution in [1.29, 1.82) is 0 Å². The third-order valence-electron chi connectivity index (χ3n) is 3.99. The second-order valence-corrected chi connectivity index (χ2v) is 6.27. The number of benzene rings is 2. The van der Waals surface area contributed by atoms with Crippen LogP contribution in [0.4, 0.5) is 5.69 Å². The van der Waals surface area contributed by atoms with Gasteiger partial charge >= 0.3 is 5.97 Å². The van der Waals surface area contributed by atoms with Gasteiger partial charge in [-0.3, -0.25) is 4.79 Å². The molecule has 0 aliphatic rings. The topological polar surface area (TPSA) is 83.1 Å². The summed E-state index contributed by atoms with van der Waals surface area (Å²) in [5, 5.41) is 3.19. The number of esters is 1. The summed E-state index contributed by atoms with van der Waals surface area (Å²) in [5.41, 5.74) is 1.93. The van der Waals surface area contributed by atoms with E-state index in [0.29, 0.717) is 33.5 Å². The van der Waals surface area contributed by atoms with E-state index < -0.39 is 18.5 Å². The second kappa shape index (κ2) is 10.4. The Labute approximate surface area is 174 Å². The first-order valence-corrected chi connectivity index (χ1v) is 8.97. The van der Waals surface area contributed by atoms with Crippen molar-refractivity contribution < 1.29 is 28.5 Å². The van der Waals surface area contributed by atoms with E-state index in [1.165, 1.54) is 33.5 Å². The summed E-state index contributed by atoms with van der Waals surface area (Å²) in [5.74, 6) is 0.219. The molecule has 0 bridgehead atoms. The molecule has 0 radical (unpaired) electrons. The van der Waals surface area contributed by atoms with Crippen LogP contribution in [-0.4, -0.2) is 39.8 Å². The Hall–Kier alpha value is -3.19. The van der Waals surface area contributed by atoms with Crippen LogP contribution >= 0.6 is 11.6 Å². The van der Waals surface area contributed by atoms with Crippen LogP contribution in [-0.2, 0) is 14.3 Å². The maximum Gasteiger partial charge on any atom is 0.331 e. The van der Waals surface area contributed by atoms with Gasteiger partial charge in [0.1, 0.15) is 0 Å². The van der Waals surface area contributed by atoms with Crippen LogP contribution in [0, 0.1) is 6.92 Å². The number of methoxy groups -OCH3 is 3. The number of ether oxygens (including phenoxy) is 4. The minimum Gasteiger partial charge on any atom is -0.493 e. The van der Waals surface area contributed by atoms with E-state index in [9.17, 15) is 9.59 Å². The molecule has 0 spiro atoms. The predicted octanol–water partition coefficient (Wildman–Crippen LogP) is 3.87. The van der Waals surface area contributed by atoms with E-state index >= 15 is 0 Å². The molecule has 154 valence electrons. The van der Waals surface area contributed by atoms with Gasteiger partial charge < -0.3 is 24.3 Å². The summed E-state index contributed by atoms with van der Waals surface area (Å²) in [4.78, 5) is 23.9. The minimum atomic E-state index is -0.670. The summed E-state index contributed by atoms with van der Waals surface area (Å²) in [7, 11) is 4.50. The molecule has 0 heterocycles. The van der Waals surface area contributed by atoms with E-state index in [-0.39, 0.29) is 0 Å². The van der Waals surface area contributed by atoms with Crippen LogP contribution in [0.1, 0.15) is 11.1 Å². The van der Waals surface area contributed by atoms with Gasteiger partial charge in [-0.1, -0.05) is 17.7 Å². The lowest BCUT2D eigenvalue weighted by Gasteiger charge is -2.12. The summed E-state index contributed by atoms with van der Waals surface area (Å²) in [6, 6.07) is 8.52. The molecule has 1 N–H and O–H groups in total. The fourth-order valence-electron chi connectivity index (χ4n) is 2.48. The Morgan fingerprint density at radius 3 is 2.31 bits per heavy atom. The lowest BCUT2D eigenvalue weighted by Crippen LogP contribution is -2.20. The summed E-state index contributed by atoms with van der Waals surface area (Å²) < 4.78 is 20.7. The van der Waals surface area contributed by atoms with Crippen LogP contribution in [0.25, 0.3) is 6.08 Å². The molecule has 2 aromatic rings. The number of nitrogens with one attached hydrogen (secondary N) is 1. The van der Waals surface area contributed by atoms with Crippen LogP contribution in [0.3, 0.4) is 0 Å². The van der Waals surface area contributed by atoms with Gasteiger partial charge in [-0.2, -0.15) is 0 Å². The van der Waals surface area contributed by atoms with Gasteiger partial charge in [0.05, 0.1) is 21.3 Å². The van der Waals surface area contributed by atoms with E-state index in [1.54, 1.807) is 37.3 Å². The summed E-state index contributed by atoms with van der Waals surface area (Å²) in [6.45, 7) is 1.36. The molecule has 0 aliphatic carbocycles. The Kier molecular flexibility index (Phi) is 7.91. The molecule has 1 amide bonds. The standard InChI is InChI=1S/C21H22ClNO6/c1-13-15(22)6-5-7-16(13)23-19(24)12-29-20(25)9-8-14-10-17(26-2)21(28-4)18(11-14)27-3/h5-11H,12H2,1-4H3,(H,23,24)/b9-8+. The van der Waals surface area contributed by atoms with Gasteiger partial charge in [-0.05, 0) is 48.4 Å². The van der Waals surface area contributed by atoms with Crippen molar-refractivity contribution >= 4 is 35.2 Å². The van der Waals surface area contributed by atoms with Crippen molar-refractivity contribution in [3.05, 3.63) is 52.6 Å². The molecule has 2 aromatic carbocycles. The van der Waals surface area contributed by atoms with E-state index in [2.05, 4.69) is 5.32 Å². The monoisotopic (exact) mass is 419 g/mol. The first-order valence-electron chi connectivity index (χ1n) is 8.59. The zero-order valence-corrected chi connectivity index (χ0v) is 17.3. The molecule has 0 fully saturated rings. The molecule has 2 rings (SSSR count). The molecular formula is C21H22ClNO6. The van der Waals surface area contributed by atoms with Crippen molar-refractivity contribution in [2.75, 3.05) is 33.3 Å². The third kappa shape index (κ3) is 5.89. The van der Waals surface area contributed by atoms with Crippen molar-refractivity contribution in [2.24, 2.45) is 0 Å². The number of halogens is 1. The molecule has 0 aromatic heterocycles. The highest BCUT2D eigenvalue weighted by molar-refractivity contribution is 6.31. The lowest BCUT2D eigenvalue weighted by atomic mass is 10.1. The number of anilines is 1. The zero-order chi connectivity index (χ0) is 21.4. The fourth-order valence-corrected chi connectivity index (χ4v) is 2.65. The van der Waals surface area contributed by atoms with Crippen molar-refractivity contribution in [3.8, 4) is 17.2 Å². The van der Waals surface area contributed by atoms with E-state index in [1.807, 2.05) is 0 Å².